The van der Waals surface area contributed by atoms with Crippen LogP contribution in [-0.2, 0) is 16.1 Å². The topological polar surface area (TPSA) is 98.1 Å². The molecule has 0 saturated carbocycles. The lowest BCUT2D eigenvalue weighted by atomic mass is 10.2. The summed E-state index contributed by atoms with van der Waals surface area (Å²) < 4.78 is 16.7. The molecule has 3 amide bonds. The number of furan rings is 1. The van der Waals surface area contributed by atoms with Crippen molar-refractivity contribution < 1.29 is 28.3 Å². The molecule has 1 aromatic heterocycles. The van der Waals surface area contributed by atoms with Gasteiger partial charge in [0.1, 0.15) is 17.2 Å². The Balaban J connectivity index is 1.74. The Morgan fingerprint density at radius 2 is 2.07 bits per heavy atom. The average molecular weight is 524 g/mol. The van der Waals surface area contributed by atoms with E-state index < -0.39 is 17.9 Å². The van der Waals surface area contributed by atoms with Gasteiger partial charge in [-0.3, -0.25) is 9.69 Å². The fourth-order valence-corrected chi connectivity index (χ4v) is 3.38. The summed E-state index contributed by atoms with van der Waals surface area (Å²) in [6, 6.07) is 7.94. The molecule has 0 bridgehead atoms. The summed E-state index contributed by atoms with van der Waals surface area (Å²) in [6.07, 6.45) is 2.61. The van der Waals surface area contributed by atoms with Crippen molar-refractivity contribution >= 4 is 46.6 Å². The van der Waals surface area contributed by atoms with E-state index in [9.17, 15) is 14.4 Å². The van der Waals surface area contributed by atoms with Gasteiger partial charge >= 0.3 is 12.0 Å². The molecule has 0 unspecified atom stereocenters. The molecule has 8 nitrogen and oxygen atoms in total. The minimum atomic E-state index is -0.630. The summed E-state index contributed by atoms with van der Waals surface area (Å²) in [5.41, 5.74) is 0.915. The Kier molecular flexibility index (Phi) is 6.80. The summed E-state index contributed by atoms with van der Waals surface area (Å²) >= 11 is 2.17. The first-order valence-corrected chi connectivity index (χ1v) is 10.4. The molecule has 9 heteroatoms. The fraction of sp³-hybridized carbons (Fsp3) is 0.286. The normalized spacial score (nSPS) is 16.0. The fourth-order valence-electron chi connectivity index (χ4n) is 2.71. The molecule has 30 heavy (non-hydrogen) atoms. The van der Waals surface area contributed by atoms with Crippen LogP contribution in [0.4, 0.5) is 4.79 Å². The molecule has 1 aliphatic heterocycles. The second kappa shape index (κ2) is 9.33. The van der Waals surface area contributed by atoms with Gasteiger partial charge in [0.25, 0.3) is 5.91 Å². The van der Waals surface area contributed by atoms with Gasteiger partial charge in [0.05, 0.1) is 23.3 Å². The van der Waals surface area contributed by atoms with E-state index in [2.05, 4.69) is 39.6 Å². The highest BCUT2D eigenvalue weighted by molar-refractivity contribution is 14.1. The number of imide groups is 1. The first-order chi connectivity index (χ1) is 14.3. The lowest BCUT2D eigenvalue weighted by molar-refractivity contribution is -0.123. The van der Waals surface area contributed by atoms with Gasteiger partial charge in [-0.1, -0.05) is 13.0 Å². The summed E-state index contributed by atoms with van der Waals surface area (Å²) in [6.45, 7) is 3.95. The van der Waals surface area contributed by atoms with Crippen molar-refractivity contribution in [1.82, 2.24) is 10.2 Å². The van der Waals surface area contributed by atoms with E-state index >= 15 is 0 Å². The number of hydrogen-bond donors (Lipinski definition) is 1. The van der Waals surface area contributed by atoms with Gasteiger partial charge in [-0.25, -0.2) is 9.59 Å². The third-order valence-electron chi connectivity index (χ3n) is 4.49. The van der Waals surface area contributed by atoms with Crippen molar-refractivity contribution in [2.75, 3.05) is 7.11 Å². The number of nitrogens with zero attached hydrogens (tertiary/aromatic N) is 1. The molecular weight excluding hydrogens is 503 g/mol. The summed E-state index contributed by atoms with van der Waals surface area (Å²) in [5.74, 6) is -0.0408. The highest BCUT2D eigenvalue weighted by Crippen LogP contribution is 2.25. The number of carbonyl (C=O) groups is 3. The minimum Gasteiger partial charge on any atom is -0.490 e. The molecule has 1 aromatic carbocycles. The monoisotopic (exact) mass is 524 g/mol. The predicted molar refractivity (Wildman–Crippen MR) is 117 cm³/mol. The molecule has 3 rings (SSSR count). The number of nitrogens with one attached hydrogen (secondary N) is 1. The van der Waals surface area contributed by atoms with Crippen molar-refractivity contribution in [2.45, 2.75) is 32.9 Å². The summed E-state index contributed by atoms with van der Waals surface area (Å²) in [5, 5.41) is 2.57. The zero-order chi connectivity index (χ0) is 21.8. The Labute approximate surface area is 187 Å². The number of amides is 3. The quantitative estimate of drug-likeness (QED) is 0.255. The molecule has 0 aliphatic carbocycles. The van der Waals surface area contributed by atoms with Gasteiger partial charge in [0.2, 0.25) is 5.76 Å². The van der Waals surface area contributed by atoms with Crippen molar-refractivity contribution in [3.05, 3.63) is 56.7 Å². The van der Waals surface area contributed by atoms with Crippen molar-refractivity contribution in [3.63, 3.8) is 0 Å². The maximum atomic E-state index is 12.7. The average Bonchev–Trinajstić information content (AvgIpc) is 3.30. The summed E-state index contributed by atoms with van der Waals surface area (Å²) in [4.78, 5) is 37.4. The first-order valence-electron chi connectivity index (χ1n) is 9.30. The number of esters is 1. The molecule has 1 fully saturated rings. The number of rotatable bonds is 7. The molecule has 1 atom stereocenters. The molecule has 1 saturated heterocycles. The SMILES string of the molecule is CC[C@H](C)Oc1ccc(/C=C2\NC(=O)N(Cc3ccc(C(=O)OC)o3)C2=O)cc1I. The number of ether oxygens (including phenoxy) is 2. The summed E-state index contributed by atoms with van der Waals surface area (Å²) in [7, 11) is 1.24. The van der Waals surface area contributed by atoms with Crippen molar-refractivity contribution in [1.29, 1.82) is 0 Å². The molecule has 0 spiro atoms. The van der Waals surface area contributed by atoms with Gasteiger partial charge in [-0.15, -0.1) is 0 Å². The lowest BCUT2D eigenvalue weighted by Gasteiger charge is -2.14. The van der Waals surface area contributed by atoms with Gasteiger partial charge in [-0.2, -0.15) is 0 Å². The Hall–Kier alpha value is -2.82. The molecule has 158 valence electrons. The van der Waals surface area contributed by atoms with Gasteiger partial charge < -0.3 is 19.2 Å². The number of urea groups is 1. The molecular formula is C21H21IN2O6. The molecule has 1 aliphatic rings. The number of benzene rings is 1. The van der Waals surface area contributed by atoms with E-state index in [4.69, 9.17) is 9.15 Å². The Morgan fingerprint density at radius 1 is 1.30 bits per heavy atom. The van der Waals surface area contributed by atoms with Crippen molar-refractivity contribution in [2.24, 2.45) is 0 Å². The molecule has 0 radical (unpaired) electrons. The number of hydrogen-bond acceptors (Lipinski definition) is 6. The minimum absolute atomic E-state index is 0.00425. The van der Waals surface area contributed by atoms with E-state index in [1.165, 1.54) is 19.2 Å². The molecule has 2 aromatic rings. The Bertz CT molecular complexity index is 1010. The van der Waals surface area contributed by atoms with Crippen LogP contribution in [0.15, 0.2) is 40.4 Å². The lowest BCUT2D eigenvalue weighted by Crippen LogP contribution is -2.30. The van der Waals surface area contributed by atoms with Crippen LogP contribution in [0.1, 0.15) is 42.1 Å². The van der Waals surface area contributed by atoms with E-state index in [-0.39, 0.29) is 24.1 Å². The van der Waals surface area contributed by atoms with Gasteiger partial charge in [0, 0.05) is 0 Å². The van der Waals surface area contributed by atoms with Crippen LogP contribution >= 0.6 is 22.6 Å². The van der Waals surface area contributed by atoms with Crippen molar-refractivity contribution in [3.8, 4) is 5.75 Å². The van der Waals surface area contributed by atoms with Crippen LogP contribution in [0.5, 0.6) is 5.75 Å². The largest absolute Gasteiger partial charge is 0.490 e. The van der Waals surface area contributed by atoms with Gasteiger partial charge in [0.15, 0.2) is 0 Å². The number of halogens is 1. The van der Waals surface area contributed by atoms with Crippen LogP contribution in [0.3, 0.4) is 0 Å². The zero-order valence-corrected chi connectivity index (χ0v) is 18.9. The maximum absolute atomic E-state index is 12.7. The smallest absolute Gasteiger partial charge is 0.373 e. The van der Waals surface area contributed by atoms with Gasteiger partial charge in [-0.05, 0) is 71.8 Å². The highest BCUT2D eigenvalue weighted by atomic mass is 127. The van der Waals surface area contributed by atoms with Crippen LogP contribution in [-0.4, -0.2) is 36.0 Å². The zero-order valence-electron chi connectivity index (χ0n) is 16.7. The predicted octanol–water partition coefficient (Wildman–Crippen LogP) is 3.94. The van der Waals surface area contributed by atoms with E-state index in [1.807, 2.05) is 25.1 Å². The molecule has 2 heterocycles. The second-order valence-electron chi connectivity index (χ2n) is 6.66. The van der Waals surface area contributed by atoms with Crippen LogP contribution < -0.4 is 10.1 Å². The first kappa shape index (κ1) is 21.9. The third kappa shape index (κ3) is 4.84. The van der Waals surface area contributed by atoms with E-state index in [0.717, 1.165) is 26.2 Å². The van der Waals surface area contributed by atoms with Crippen LogP contribution in [0.25, 0.3) is 6.08 Å². The third-order valence-corrected chi connectivity index (χ3v) is 5.34. The van der Waals surface area contributed by atoms with E-state index in [0.29, 0.717) is 5.76 Å². The van der Waals surface area contributed by atoms with E-state index in [1.54, 1.807) is 6.08 Å². The second-order valence-corrected chi connectivity index (χ2v) is 7.83. The molecule has 1 N–H and O–H groups in total. The maximum Gasteiger partial charge on any atom is 0.373 e. The standard InChI is InChI=1S/C21H21IN2O6/c1-4-12(2)29-17-7-5-13(9-15(17)22)10-16-19(25)24(21(27)23-16)11-14-6-8-18(30-14)20(26)28-3/h5-10,12H,4,11H2,1-3H3,(H,23,27)/b16-10-/t12-/m0/s1. The Morgan fingerprint density at radius 3 is 2.73 bits per heavy atom. The van der Waals surface area contributed by atoms with Crippen LogP contribution in [0, 0.1) is 3.57 Å². The number of methoxy groups -OCH3 is 1. The number of carbonyl (C=O) groups excluding carboxylic acids is 3. The highest BCUT2D eigenvalue weighted by Gasteiger charge is 2.34. The van der Waals surface area contributed by atoms with Crippen LogP contribution in [0.2, 0.25) is 0 Å².